The lowest BCUT2D eigenvalue weighted by atomic mass is 10.1. The first kappa shape index (κ1) is 16.3. The van der Waals surface area contributed by atoms with Crippen molar-refractivity contribution in [3.63, 3.8) is 0 Å². The van der Waals surface area contributed by atoms with Crippen LogP contribution in [0.4, 0.5) is 0 Å². The van der Waals surface area contributed by atoms with Crippen molar-refractivity contribution in [3.8, 4) is 0 Å². The van der Waals surface area contributed by atoms with E-state index in [-0.39, 0.29) is 24.3 Å². The molecular formula is C17H21ClN2O3. The van der Waals surface area contributed by atoms with Gasteiger partial charge in [0.05, 0.1) is 19.6 Å². The van der Waals surface area contributed by atoms with Crippen LogP contribution in [0.5, 0.6) is 0 Å². The zero-order chi connectivity index (χ0) is 16.2. The molecule has 0 N–H and O–H groups in total. The van der Waals surface area contributed by atoms with Crippen molar-refractivity contribution in [1.29, 1.82) is 0 Å². The molecule has 6 heteroatoms. The molecule has 2 fully saturated rings. The minimum atomic E-state index is -0.320. The Labute approximate surface area is 141 Å². The highest BCUT2D eigenvalue weighted by molar-refractivity contribution is 6.30. The number of nitrogens with zero attached hydrogens (tertiary/aromatic N) is 2. The highest BCUT2D eigenvalue weighted by Crippen LogP contribution is 2.22. The summed E-state index contributed by atoms with van der Waals surface area (Å²) >= 11 is 5.97. The Morgan fingerprint density at radius 1 is 1.22 bits per heavy atom. The molecule has 5 nitrogen and oxygen atoms in total. The summed E-state index contributed by atoms with van der Waals surface area (Å²) in [5.74, 6) is 0.0571. The average molecular weight is 337 g/mol. The normalized spacial score (nSPS) is 21.5. The van der Waals surface area contributed by atoms with Crippen LogP contribution < -0.4 is 0 Å². The lowest BCUT2D eigenvalue weighted by Gasteiger charge is -2.32. The van der Waals surface area contributed by atoms with E-state index < -0.39 is 0 Å². The molecule has 1 atom stereocenters. The summed E-state index contributed by atoms with van der Waals surface area (Å²) in [6.07, 6.45) is 1.91. The number of ether oxygens (including phenoxy) is 1. The number of amides is 2. The third-order valence-electron chi connectivity index (χ3n) is 4.43. The second-order valence-corrected chi connectivity index (χ2v) is 6.43. The van der Waals surface area contributed by atoms with Crippen LogP contribution in [0.1, 0.15) is 18.4 Å². The second-order valence-electron chi connectivity index (χ2n) is 5.99. The van der Waals surface area contributed by atoms with E-state index in [0.29, 0.717) is 37.9 Å². The minimum absolute atomic E-state index is 0.00336. The second kappa shape index (κ2) is 7.32. The van der Waals surface area contributed by atoms with Crippen molar-refractivity contribution >= 4 is 23.4 Å². The molecule has 2 aliphatic heterocycles. The Kier molecular flexibility index (Phi) is 5.18. The first-order valence-electron chi connectivity index (χ1n) is 8.05. The van der Waals surface area contributed by atoms with Gasteiger partial charge >= 0.3 is 0 Å². The van der Waals surface area contributed by atoms with Gasteiger partial charge in [0, 0.05) is 24.7 Å². The average Bonchev–Trinajstić information content (AvgIpc) is 3.05. The van der Waals surface area contributed by atoms with Crippen molar-refractivity contribution in [1.82, 2.24) is 9.80 Å². The van der Waals surface area contributed by atoms with Gasteiger partial charge in [-0.3, -0.25) is 9.59 Å². The molecule has 1 aromatic rings. The Morgan fingerprint density at radius 3 is 2.74 bits per heavy atom. The number of rotatable bonds is 3. The summed E-state index contributed by atoms with van der Waals surface area (Å²) in [7, 11) is 0. The van der Waals surface area contributed by atoms with Gasteiger partial charge in [0.25, 0.3) is 0 Å². The van der Waals surface area contributed by atoms with Gasteiger partial charge in [-0.15, -0.1) is 0 Å². The minimum Gasteiger partial charge on any atom is -0.378 e. The van der Waals surface area contributed by atoms with Gasteiger partial charge in [0.1, 0.15) is 6.04 Å². The fourth-order valence-corrected chi connectivity index (χ4v) is 3.45. The van der Waals surface area contributed by atoms with E-state index in [1.54, 1.807) is 17.0 Å². The van der Waals surface area contributed by atoms with E-state index in [4.69, 9.17) is 16.3 Å². The van der Waals surface area contributed by atoms with Gasteiger partial charge < -0.3 is 14.5 Å². The molecule has 124 valence electrons. The van der Waals surface area contributed by atoms with Crippen LogP contribution in [0, 0.1) is 0 Å². The van der Waals surface area contributed by atoms with E-state index in [9.17, 15) is 9.59 Å². The summed E-state index contributed by atoms with van der Waals surface area (Å²) in [4.78, 5) is 28.8. The summed E-state index contributed by atoms with van der Waals surface area (Å²) in [5, 5.41) is 0.623. The Balaban J connectivity index is 1.65. The highest BCUT2D eigenvalue weighted by atomic mass is 35.5. The summed E-state index contributed by atoms with van der Waals surface area (Å²) in [5.41, 5.74) is 0.881. The fraction of sp³-hybridized carbons (Fsp3) is 0.529. The molecule has 3 rings (SSSR count). The van der Waals surface area contributed by atoms with E-state index in [1.807, 2.05) is 17.0 Å². The zero-order valence-electron chi connectivity index (χ0n) is 13.0. The van der Waals surface area contributed by atoms with Crippen molar-refractivity contribution in [3.05, 3.63) is 34.9 Å². The fourth-order valence-electron chi connectivity index (χ4n) is 3.24. The predicted octanol–water partition coefficient (Wildman–Crippen LogP) is 1.73. The molecule has 0 unspecified atom stereocenters. The summed E-state index contributed by atoms with van der Waals surface area (Å²) < 4.78 is 5.29. The molecule has 0 saturated carbocycles. The van der Waals surface area contributed by atoms with Crippen LogP contribution in [0.25, 0.3) is 0 Å². The third kappa shape index (κ3) is 3.85. The maximum absolute atomic E-state index is 12.7. The molecule has 0 spiro atoms. The summed E-state index contributed by atoms with van der Waals surface area (Å²) in [6, 6.07) is 6.99. The van der Waals surface area contributed by atoms with Crippen LogP contribution >= 0.6 is 11.6 Å². The molecule has 0 bridgehead atoms. The number of carbonyl (C=O) groups is 2. The largest absolute Gasteiger partial charge is 0.378 e. The number of morpholine rings is 1. The molecule has 2 aliphatic rings. The Hall–Kier alpha value is -1.59. The monoisotopic (exact) mass is 336 g/mol. The van der Waals surface area contributed by atoms with E-state index in [2.05, 4.69) is 0 Å². The summed E-state index contributed by atoms with van der Waals surface area (Å²) in [6.45, 7) is 3.04. The van der Waals surface area contributed by atoms with Crippen LogP contribution in [-0.4, -0.2) is 60.5 Å². The number of hydrogen-bond donors (Lipinski definition) is 0. The van der Waals surface area contributed by atoms with Crippen molar-refractivity contribution in [2.24, 2.45) is 0 Å². The maximum Gasteiger partial charge on any atom is 0.245 e. The number of hydrogen-bond acceptors (Lipinski definition) is 3. The number of likely N-dealkylation sites (tertiary alicyclic amines) is 1. The Morgan fingerprint density at radius 2 is 2.00 bits per heavy atom. The molecule has 0 radical (unpaired) electrons. The molecule has 2 heterocycles. The molecule has 0 aromatic heterocycles. The standard InChI is InChI=1S/C17H21ClN2O3/c18-14-4-1-3-13(11-14)12-16(21)20-6-2-5-15(20)17(22)19-7-9-23-10-8-19/h1,3-4,11,15H,2,5-10,12H2/t15-/m1/s1. The highest BCUT2D eigenvalue weighted by Gasteiger charge is 2.36. The van der Waals surface area contributed by atoms with Crippen LogP contribution in [0.15, 0.2) is 24.3 Å². The van der Waals surface area contributed by atoms with Crippen molar-refractivity contribution in [2.45, 2.75) is 25.3 Å². The Bertz CT molecular complexity index is 587. The molecule has 2 amide bonds. The van der Waals surface area contributed by atoms with Gasteiger partial charge in [0.15, 0.2) is 0 Å². The number of halogens is 1. The van der Waals surface area contributed by atoms with Gasteiger partial charge in [-0.25, -0.2) is 0 Å². The van der Waals surface area contributed by atoms with Gasteiger partial charge in [-0.05, 0) is 30.5 Å². The quantitative estimate of drug-likeness (QED) is 0.844. The maximum atomic E-state index is 12.7. The van der Waals surface area contributed by atoms with E-state index >= 15 is 0 Å². The number of carbonyl (C=O) groups excluding carboxylic acids is 2. The van der Waals surface area contributed by atoms with Gasteiger partial charge in [-0.1, -0.05) is 23.7 Å². The third-order valence-corrected chi connectivity index (χ3v) is 4.66. The topological polar surface area (TPSA) is 49.9 Å². The van der Waals surface area contributed by atoms with Gasteiger partial charge in [0.2, 0.25) is 11.8 Å². The van der Waals surface area contributed by atoms with Gasteiger partial charge in [-0.2, -0.15) is 0 Å². The van der Waals surface area contributed by atoms with E-state index in [0.717, 1.165) is 18.4 Å². The zero-order valence-corrected chi connectivity index (χ0v) is 13.8. The predicted molar refractivity (Wildman–Crippen MR) is 87.3 cm³/mol. The molecule has 0 aliphatic carbocycles. The molecule has 23 heavy (non-hydrogen) atoms. The van der Waals surface area contributed by atoms with Crippen molar-refractivity contribution < 1.29 is 14.3 Å². The number of benzene rings is 1. The van der Waals surface area contributed by atoms with E-state index in [1.165, 1.54) is 0 Å². The van der Waals surface area contributed by atoms with Crippen LogP contribution in [0.3, 0.4) is 0 Å². The lowest BCUT2D eigenvalue weighted by molar-refractivity contribution is -0.146. The first-order chi connectivity index (χ1) is 11.1. The molecule has 1 aromatic carbocycles. The molecule has 2 saturated heterocycles. The van der Waals surface area contributed by atoms with Crippen LogP contribution in [0.2, 0.25) is 5.02 Å². The lowest BCUT2D eigenvalue weighted by Crippen LogP contribution is -2.51. The first-order valence-corrected chi connectivity index (χ1v) is 8.43. The smallest absolute Gasteiger partial charge is 0.245 e. The SMILES string of the molecule is O=C([C@H]1CCCN1C(=O)Cc1cccc(Cl)c1)N1CCOCC1. The van der Waals surface area contributed by atoms with Crippen LogP contribution in [-0.2, 0) is 20.7 Å². The van der Waals surface area contributed by atoms with Crippen molar-refractivity contribution in [2.75, 3.05) is 32.8 Å². The molecular weight excluding hydrogens is 316 g/mol.